The van der Waals surface area contributed by atoms with E-state index in [0.29, 0.717) is 31.1 Å². The number of hydrogen-bond donors (Lipinski definition) is 0. The largest absolute Gasteiger partial charge is 0.459 e. The molecule has 34 heavy (non-hydrogen) atoms. The topological polar surface area (TPSA) is 83.1 Å². The predicted octanol–water partition coefficient (Wildman–Crippen LogP) is 3.92. The summed E-state index contributed by atoms with van der Waals surface area (Å²) in [7, 11) is 1.63. The minimum absolute atomic E-state index is 0.0688. The van der Waals surface area contributed by atoms with Crippen LogP contribution in [0.3, 0.4) is 0 Å². The molecular weight excluding hydrogens is 452 g/mol. The van der Waals surface area contributed by atoms with Gasteiger partial charge in [0.25, 0.3) is 5.91 Å². The molecule has 9 heteroatoms. The maximum absolute atomic E-state index is 13.7. The van der Waals surface area contributed by atoms with Crippen molar-refractivity contribution in [2.45, 2.75) is 57.7 Å². The number of urea groups is 1. The molecule has 182 valence electrons. The molecule has 1 aromatic heterocycles. The van der Waals surface area contributed by atoms with E-state index in [1.807, 2.05) is 49.6 Å². The minimum Gasteiger partial charge on any atom is -0.459 e. The molecule has 2 aromatic rings. The number of rotatable bonds is 6. The van der Waals surface area contributed by atoms with Crippen LogP contribution in [0.25, 0.3) is 0 Å². The van der Waals surface area contributed by atoms with E-state index >= 15 is 0 Å². The fourth-order valence-electron chi connectivity index (χ4n) is 5.16. The van der Waals surface area contributed by atoms with Crippen molar-refractivity contribution in [2.24, 2.45) is 5.92 Å². The molecule has 2 aliphatic rings. The standard InChI is InChI=1S/C25H32N4O4S/c1-18(2)20(21(30)33-17-19-9-5-4-6-10-19)27(3)24(32)29-15-8-12-25(29)11-7-14-28(22(25)31)23-26-13-16-34-23/h4-6,9-10,13,16,18,20H,7-8,11-12,14-15,17H2,1-3H3/t20-,25?/m0/s1. The molecular formula is C25H32N4O4S. The molecule has 2 fully saturated rings. The number of ether oxygens (including phenoxy) is 1. The van der Waals surface area contributed by atoms with Gasteiger partial charge in [-0.25, -0.2) is 14.6 Å². The molecule has 2 saturated heterocycles. The van der Waals surface area contributed by atoms with Crippen LogP contribution >= 0.6 is 11.3 Å². The van der Waals surface area contributed by atoms with E-state index in [0.717, 1.165) is 18.4 Å². The fourth-order valence-corrected chi connectivity index (χ4v) is 5.83. The Morgan fingerprint density at radius 1 is 1.18 bits per heavy atom. The van der Waals surface area contributed by atoms with Crippen molar-refractivity contribution >= 4 is 34.4 Å². The average molecular weight is 485 g/mol. The van der Waals surface area contributed by atoms with Crippen molar-refractivity contribution in [1.82, 2.24) is 14.8 Å². The summed E-state index contributed by atoms with van der Waals surface area (Å²) in [5.74, 6) is -0.660. The average Bonchev–Trinajstić information content (AvgIpc) is 3.50. The van der Waals surface area contributed by atoms with Gasteiger partial charge < -0.3 is 14.5 Å². The zero-order valence-corrected chi connectivity index (χ0v) is 20.8. The van der Waals surface area contributed by atoms with Crippen LogP contribution in [0, 0.1) is 5.92 Å². The Balaban J connectivity index is 1.51. The Morgan fingerprint density at radius 3 is 2.53 bits per heavy atom. The number of amides is 3. The highest BCUT2D eigenvalue weighted by Gasteiger charge is 2.54. The molecule has 1 aromatic carbocycles. The maximum Gasteiger partial charge on any atom is 0.329 e. The van der Waals surface area contributed by atoms with Crippen LogP contribution < -0.4 is 4.90 Å². The highest BCUT2D eigenvalue weighted by atomic mass is 32.1. The molecule has 0 bridgehead atoms. The predicted molar refractivity (Wildman–Crippen MR) is 130 cm³/mol. The molecule has 0 radical (unpaired) electrons. The van der Waals surface area contributed by atoms with Gasteiger partial charge in [0, 0.05) is 31.7 Å². The van der Waals surface area contributed by atoms with E-state index in [1.165, 1.54) is 16.2 Å². The van der Waals surface area contributed by atoms with Gasteiger partial charge in [0.1, 0.15) is 18.2 Å². The molecule has 1 spiro atoms. The summed E-state index contributed by atoms with van der Waals surface area (Å²) in [5.41, 5.74) is 0.00554. The number of aromatic nitrogens is 1. The summed E-state index contributed by atoms with van der Waals surface area (Å²) in [5, 5.41) is 2.52. The number of anilines is 1. The molecule has 0 N–H and O–H groups in total. The number of carbonyl (C=O) groups excluding carboxylic acids is 3. The lowest BCUT2D eigenvalue weighted by atomic mass is 9.85. The van der Waals surface area contributed by atoms with Crippen molar-refractivity contribution < 1.29 is 19.1 Å². The quantitative estimate of drug-likeness (QED) is 0.581. The number of likely N-dealkylation sites (tertiary alicyclic amines) is 1. The van der Waals surface area contributed by atoms with Crippen molar-refractivity contribution in [3.05, 3.63) is 47.5 Å². The normalized spacial score (nSPS) is 21.2. The van der Waals surface area contributed by atoms with Crippen LogP contribution in [0.4, 0.5) is 9.93 Å². The van der Waals surface area contributed by atoms with Gasteiger partial charge in [-0.3, -0.25) is 9.69 Å². The van der Waals surface area contributed by atoms with Crippen LogP contribution in [0.5, 0.6) is 0 Å². The highest BCUT2D eigenvalue weighted by Crippen LogP contribution is 2.40. The third kappa shape index (κ3) is 4.53. The Hall–Kier alpha value is -2.94. The molecule has 8 nitrogen and oxygen atoms in total. The van der Waals surface area contributed by atoms with Crippen LogP contribution in [-0.4, -0.2) is 64.4 Å². The SMILES string of the molecule is CC(C)[C@@H](C(=O)OCc1ccccc1)N(C)C(=O)N1CCCC12CCCN(c1nccs1)C2=O. The van der Waals surface area contributed by atoms with Gasteiger partial charge in [-0.05, 0) is 37.2 Å². The van der Waals surface area contributed by atoms with Crippen LogP contribution in [0.2, 0.25) is 0 Å². The molecule has 0 saturated carbocycles. The first-order chi connectivity index (χ1) is 16.3. The van der Waals surface area contributed by atoms with E-state index in [9.17, 15) is 14.4 Å². The van der Waals surface area contributed by atoms with Gasteiger partial charge in [0.05, 0.1) is 0 Å². The number of likely N-dealkylation sites (N-methyl/N-ethyl adjacent to an activating group) is 1. The van der Waals surface area contributed by atoms with Gasteiger partial charge in [0.15, 0.2) is 5.13 Å². The lowest BCUT2D eigenvalue weighted by Crippen LogP contribution is -2.64. The van der Waals surface area contributed by atoms with Gasteiger partial charge in [-0.15, -0.1) is 11.3 Å². The molecule has 3 amide bonds. The Bertz CT molecular complexity index is 1010. The lowest BCUT2D eigenvalue weighted by Gasteiger charge is -2.45. The third-order valence-electron chi connectivity index (χ3n) is 6.80. The van der Waals surface area contributed by atoms with Gasteiger partial charge in [-0.2, -0.15) is 0 Å². The molecule has 2 atom stereocenters. The van der Waals surface area contributed by atoms with Gasteiger partial charge in [0.2, 0.25) is 0 Å². The van der Waals surface area contributed by atoms with Gasteiger partial charge >= 0.3 is 12.0 Å². The molecule has 2 aliphatic heterocycles. The first-order valence-electron chi connectivity index (χ1n) is 11.8. The number of thiazole rings is 1. The summed E-state index contributed by atoms with van der Waals surface area (Å²) >= 11 is 1.43. The summed E-state index contributed by atoms with van der Waals surface area (Å²) in [6.07, 6.45) is 4.48. The van der Waals surface area contributed by atoms with E-state index in [4.69, 9.17) is 4.74 Å². The van der Waals surface area contributed by atoms with E-state index in [2.05, 4.69) is 4.98 Å². The van der Waals surface area contributed by atoms with Gasteiger partial charge in [-0.1, -0.05) is 44.2 Å². The number of piperidine rings is 1. The number of hydrogen-bond acceptors (Lipinski definition) is 6. The lowest BCUT2D eigenvalue weighted by molar-refractivity contribution is -0.151. The molecule has 4 rings (SSSR count). The van der Waals surface area contributed by atoms with Crippen molar-refractivity contribution in [1.29, 1.82) is 0 Å². The number of esters is 1. The zero-order chi connectivity index (χ0) is 24.3. The summed E-state index contributed by atoms with van der Waals surface area (Å²) in [6, 6.07) is 8.42. The van der Waals surface area contributed by atoms with Crippen LogP contribution in [0.15, 0.2) is 41.9 Å². The van der Waals surface area contributed by atoms with Crippen molar-refractivity contribution in [3.63, 3.8) is 0 Å². The smallest absolute Gasteiger partial charge is 0.329 e. The number of carbonyl (C=O) groups is 3. The highest BCUT2D eigenvalue weighted by molar-refractivity contribution is 7.13. The summed E-state index contributed by atoms with van der Waals surface area (Å²) < 4.78 is 5.58. The van der Waals surface area contributed by atoms with E-state index in [1.54, 1.807) is 23.0 Å². The number of benzene rings is 1. The Morgan fingerprint density at radius 2 is 1.88 bits per heavy atom. The Labute approximate surface area is 204 Å². The second kappa shape index (κ2) is 10.1. The Kier molecular flexibility index (Phi) is 7.21. The van der Waals surface area contributed by atoms with Crippen molar-refractivity contribution in [2.75, 3.05) is 25.0 Å². The summed E-state index contributed by atoms with van der Waals surface area (Å²) in [4.78, 5) is 49.6. The number of nitrogens with zero attached hydrogens (tertiary/aromatic N) is 4. The maximum atomic E-state index is 13.7. The van der Waals surface area contributed by atoms with E-state index in [-0.39, 0.29) is 24.5 Å². The van der Waals surface area contributed by atoms with E-state index < -0.39 is 17.6 Å². The minimum atomic E-state index is -0.884. The first-order valence-corrected chi connectivity index (χ1v) is 12.7. The fraction of sp³-hybridized carbons (Fsp3) is 0.520. The molecule has 0 aliphatic carbocycles. The van der Waals surface area contributed by atoms with Crippen LogP contribution in [0.1, 0.15) is 45.1 Å². The molecule has 1 unspecified atom stereocenters. The summed E-state index contributed by atoms with van der Waals surface area (Å²) in [6.45, 7) is 5.04. The molecule has 3 heterocycles. The monoisotopic (exact) mass is 484 g/mol. The second-order valence-corrected chi connectivity index (χ2v) is 10.2. The van der Waals surface area contributed by atoms with Crippen LogP contribution in [-0.2, 0) is 20.9 Å². The third-order valence-corrected chi connectivity index (χ3v) is 7.60. The zero-order valence-electron chi connectivity index (χ0n) is 20.0. The van der Waals surface area contributed by atoms with Crippen molar-refractivity contribution in [3.8, 4) is 0 Å². The first kappa shape index (κ1) is 24.2. The second-order valence-electron chi connectivity index (χ2n) is 9.34.